The van der Waals surface area contributed by atoms with E-state index in [2.05, 4.69) is 5.32 Å². The quantitative estimate of drug-likeness (QED) is 0.737. The smallest absolute Gasteiger partial charge is 0.238 e. The van der Waals surface area contributed by atoms with Crippen molar-refractivity contribution < 1.29 is 14.3 Å². The highest BCUT2D eigenvalue weighted by atomic mass is 16.5. The van der Waals surface area contributed by atoms with Gasteiger partial charge in [0.2, 0.25) is 5.91 Å². The lowest BCUT2D eigenvalue weighted by molar-refractivity contribution is -0.126. The van der Waals surface area contributed by atoms with Crippen molar-refractivity contribution in [1.82, 2.24) is 5.32 Å². The van der Waals surface area contributed by atoms with Gasteiger partial charge in [-0.15, -0.1) is 0 Å². The monoisotopic (exact) mass is 284 g/mol. The number of nitrogens with two attached hydrogens (primary N) is 1. The minimum absolute atomic E-state index is 0.201. The van der Waals surface area contributed by atoms with E-state index in [0.29, 0.717) is 12.0 Å². The van der Waals surface area contributed by atoms with Crippen LogP contribution >= 0.6 is 0 Å². The lowest BCUT2D eigenvalue weighted by atomic mass is 9.84. The number of rotatable bonds is 7. The van der Waals surface area contributed by atoms with Crippen molar-refractivity contribution in [1.29, 1.82) is 0 Å². The zero-order chi connectivity index (χ0) is 14.4. The molecular weight excluding hydrogens is 256 g/mol. The number of carbonyl (C=O) groups is 1. The maximum absolute atomic E-state index is 11.9. The summed E-state index contributed by atoms with van der Waals surface area (Å²) in [5.74, 6) is 0.104. The van der Waals surface area contributed by atoms with Gasteiger partial charge in [-0.2, -0.15) is 0 Å². The number of nitrogens with one attached hydrogen (secondary N) is 1. The summed E-state index contributed by atoms with van der Waals surface area (Å²) >= 11 is 0. The number of carbonyl (C=O) groups excluding carboxylic acids is 1. The fraction of sp³-hybridized carbons (Fsp3) is 0.933. The maximum Gasteiger partial charge on any atom is 0.238 e. The number of primary amides is 1. The second-order valence-electron chi connectivity index (χ2n) is 5.93. The Morgan fingerprint density at radius 1 is 1.40 bits per heavy atom. The van der Waals surface area contributed by atoms with Gasteiger partial charge in [0, 0.05) is 19.8 Å². The van der Waals surface area contributed by atoms with Crippen LogP contribution in [0.5, 0.6) is 0 Å². The van der Waals surface area contributed by atoms with Crippen molar-refractivity contribution in [3.63, 3.8) is 0 Å². The Morgan fingerprint density at radius 3 is 2.80 bits per heavy atom. The summed E-state index contributed by atoms with van der Waals surface area (Å²) in [6.45, 7) is 5.13. The highest BCUT2D eigenvalue weighted by molar-refractivity contribution is 5.85. The Hall–Kier alpha value is -0.650. The van der Waals surface area contributed by atoms with Crippen LogP contribution in [0, 0.1) is 5.92 Å². The highest BCUT2D eigenvalue weighted by Crippen LogP contribution is 2.38. The normalized spacial score (nSPS) is 31.6. The number of likely N-dealkylation sites (N-methyl/N-ethyl adjacent to an activating group) is 1. The van der Waals surface area contributed by atoms with E-state index < -0.39 is 5.54 Å². The number of hydrogen-bond donors (Lipinski definition) is 2. The molecule has 1 aliphatic carbocycles. The summed E-state index contributed by atoms with van der Waals surface area (Å²) in [4.78, 5) is 11.9. The molecule has 116 valence electrons. The molecule has 0 aromatic rings. The summed E-state index contributed by atoms with van der Waals surface area (Å²) in [6, 6.07) is 0. The van der Waals surface area contributed by atoms with E-state index >= 15 is 0 Å². The topological polar surface area (TPSA) is 73.6 Å². The van der Waals surface area contributed by atoms with Crippen molar-refractivity contribution in [3.05, 3.63) is 0 Å². The van der Waals surface area contributed by atoms with E-state index in [0.717, 1.165) is 64.9 Å². The highest BCUT2D eigenvalue weighted by Gasteiger charge is 2.46. The molecular formula is C15H28N2O3. The SMILES string of the molecule is CCNC1(C(N)=O)CCCC1CCOC1CCOCC1. The molecule has 0 bridgehead atoms. The minimum Gasteiger partial charge on any atom is -0.381 e. The van der Waals surface area contributed by atoms with E-state index in [-0.39, 0.29) is 5.91 Å². The van der Waals surface area contributed by atoms with Crippen molar-refractivity contribution in [2.24, 2.45) is 11.7 Å². The molecule has 2 rings (SSSR count). The first kappa shape index (κ1) is 15.7. The van der Waals surface area contributed by atoms with Gasteiger partial charge in [0.05, 0.1) is 6.10 Å². The maximum atomic E-state index is 11.9. The molecule has 2 fully saturated rings. The Labute approximate surface area is 121 Å². The van der Waals surface area contributed by atoms with E-state index in [1.54, 1.807) is 0 Å². The van der Waals surface area contributed by atoms with Crippen LogP contribution in [-0.2, 0) is 14.3 Å². The van der Waals surface area contributed by atoms with Gasteiger partial charge in [0.1, 0.15) is 5.54 Å². The Bertz CT molecular complexity index is 318. The molecule has 1 saturated carbocycles. The number of amides is 1. The summed E-state index contributed by atoms with van der Waals surface area (Å²) in [7, 11) is 0. The van der Waals surface area contributed by atoms with Gasteiger partial charge in [-0.05, 0) is 44.6 Å². The second kappa shape index (κ2) is 7.38. The molecule has 1 saturated heterocycles. The fourth-order valence-electron chi connectivity index (χ4n) is 3.65. The van der Waals surface area contributed by atoms with Crippen molar-refractivity contribution in [2.45, 2.75) is 57.1 Å². The molecule has 0 radical (unpaired) electrons. The van der Waals surface area contributed by atoms with Crippen molar-refractivity contribution >= 4 is 5.91 Å². The van der Waals surface area contributed by atoms with E-state index in [1.807, 2.05) is 6.92 Å². The van der Waals surface area contributed by atoms with Crippen LogP contribution in [0.1, 0.15) is 45.4 Å². The molecule has 5 nitrogen and oxygen atoms in total. The van der Waals surface area contributed by atoms with Crippen molar-refractivity contribution in [3.8, 4) is 0 Å². The third kappa shape index (κ3) is 3.51. The number of hydrogen-bond acceptors (Lipinski definition) is 4. The lowest BCUT2D eigenvalue weighted by Crippen LogP contribution is -2.58. The Kier molecular flexibility index (Phi) is 5.81. The van der Waals surface area contributed by atoms with Gasteiger partial charge in [-0.1, -0.05) is 13.3 Å². The summed E-state index contributed by atoms with van der Waals surface area (Å²) < 4.78 is 11.3. The van der Waals surface area contributed by atoms with Crippen LogP contribution in [-0.4, -0.2) is 43.9 Å². The van der Waals surface area contributed by atoms with Gasteiger partial charge in [-0.25, -0.2) is 0 Å². The first-order valence-electron chi connectivity index (χ1n) is 7.93. The molecule has 0 aromatic carbocycles. The predicted molar refractivity (Wildman–Crippen MR) is 77.4 cm³/mol. The van der Waals surface area contributed by atoms with Crippen molar-refractivity contribution in [2.75, 3.05) is 26.4 Å². The van der Waals surface area contributed by atoms with Gasteiger partial charge in [0.25, 0.3) is 0 Å². The zero-order valence-corrected chi connectivity index (χ0v) is 12.5. The summed E-state index contributed by atoms with van der Waals surface area (Å²) in [6.07, 6.45) is 6.20. The van der Waals surface area contributed by atoms with E-state index in [9.17, 15) is 4.79 Å². The predicted octanol–water partition coefficient (Wildman–Crippen LogP) is 1.21. The number of ether oxygens (including phenoxy) is 2. The largest absolute Gasteiger partial charge is 0.381 e. The molecule has 5 heteroatoms. The average Bonchev–Trinajstić information content (AvgIpc) is 2.85. The molecule has 2 unspecified atom stereocenters. The van der Waals surface area contributed by atoms with Gasteiger partial charge >= 0.3 is 0 Å². The van der Waals surface area contributed by atoms with Crippen LogP contribution in [0.4, 0.5) is 0 Å². The van der Waals surface area contributed by atoms with E-state index in [4.69, 9.17) is 15.2 Å². The third-order valence-electron chi connectivity index (χ3n) is 4.74. The lowest BCUT2D eigenvalue weighted by Gasteiger charge is -2.34. The Morgan fingerprint density at radius 2 is 2.15 bits per heavy atom. The van der Waals surface area contributed by atoms with Gasteiger partial charge < -0.3 is 20.5 Å². The first-order valence-corrected chi connectivity index (χ1v) is 7.93. The first-order chi connectivity index (χ1) is 9.69. The standard InChI is InChI=1S/C15H28N2O3/c1-2-17-15(14(16)18)8-3-4-12(15)5-11-20-13-6-9-19-10-7-13/h12-13,17H,2-11H2,1H3,(H2,16,18). The van der Waals surface area contributed by atoms with Crippen LogP contribution in [0.2, 0.25) is 0 Å². The average molecular weight is 284 g/mol. The van der Waals surface area contributed by atoms with Gasteiger partial charge in [0.15, 0.2) is 0 Å². The summed E-state index contributed by atoms with van der Waals surface area (Å²) in [5, 5.41) is 3.35. The minimum atomic E-state index is -0.506. The molecule has 3 N–H and O–H groups in total. The fourth-order valence-corrected chi connectivity index (χ4v) is 3.65. The van der Waals surface area contributed by atoms with Crippen LogP contribution in [0.15, 0.2) is 0 Å². The molecule has 0 spiro atoms. The molecule has 1 aliphatic heterocycles. The van der Waals surface area contributed by atoms with Crippen LogP contribution < -0.4 is 11.1 Å². The zero-order valence-electron chi connectivity index (χ0n) is 12.5. The summed E-state index contributed by atoms with van der Waals surface area (Å²) in [5.41, 5.74) is 5.16. The van der Waals surface area contributed by atoms with Crippen LogP contribution in [0.25, 0.3) is 0 Å². The van der Waals surface area contributed by atoms with Gasteiger partial charge in [-0.3, -0.25) is 4.79 Å². The Balaban J connectivity index is 1.82. The molecule has 2 atom stereocenters. The third-order valence-corrected chi connectivity index (χ3v) is 4.74. The van der Waals surface area contributed by atoms with E-state index in [1.165, 1.54) is 0 Å². The molecule has 1 amide bonds. The molecule has 2 aliphatic rings. The molecule has 0 aromatic heterocycles. The van der Waals surface area contributed by atoms with Crippen LogP contribution in [0.3, 0.4) is 0 Å². The molecule has 20 heavy (non-hydrogen) atoms. The second-order valence-corrected chi connectivity index (χ2v) is 5.93. The molecule has 1 heterocycles.